The first-order valence-corrected chi connectivity index (χ1v) is 10.2. The van der Waals surface area contributed by atoms with E-state index >= 15 is 0 Å². The number of aliphatic hydroxyl groups is 3. The van der Waals surface area contributed by atoms with Crippen LogP contribution >= 0.6 is 0 Å². The van der Waals surface area contributed by atoms with Crippen LogP contribution in [-0.4, -0.2) is 63.6 Å². The van der Waals surface area contributed by atoms with Crippen LogP contribution in [0.15, 0.2) is 0 Å². The number of ketones is 2. The molecule has 0 aromatic rings. The Kier molecular flexibility index (Phi) is 2.73. The molecule has 3 aliphatic heterocycles. The van der Waals surface area contributed by atoms with E-state index in [1.54, 1.807) is 0 Å². The molecule has 0 amide bonds. The van der Waals surface area contributed by atoms with Crippen LogP contribution in [0.2, 0.25) is 0 Å². The minimum absolute atomic E-state index is 0.0140. The quantitative estimate of drug-likeness (QED) is 0.414. The maximum absolute atomic E-state index is 13.7. The van der Waals surface area contributed by atoms with Gasteiger partial charge in [0.1, 0.15) is 17.3 Å². The smallest absolute Gasteiger partial charge is 0.208 e. The Morgan fingerprint density at radius 1 is 1.15 bits per heavy atom. The maximum Gasteiger partial charge on any atom is 0.208 e. The van der Waals surface area contributed by atoms with Crippen molar-refractivity contribution in [3.05, 3.63) is 0 Å². The van der Waals surface area contributed by atoms with Crippen molar-refractivity contribution in [3.63, 3.8) is 0 Å². The van der Waals surface area contributed by atoms with Crippen molar-refractivity contribution < 1.29 is 29.6 Å². The van der Waals surface area contributed by atoms with Gasteiger partial charge in [-0.1, -0.05) is 13.8 Å². The standard InChI is InChI=1S/C20H27NO6/c1-16(2)6-5-11(22)17-8-27-20(26,14(24)12(16)17)19-10(17)4-3-9(13(19)23)18(7-21-18)15(19)25/h9-10,12-14,21,23-24,26H,3-8H2,1-2H3/t9-,10?,12?,13-,14+,17-,18?,19-,20-/m1/s1. The zero-order valence-electron chi connectivity index (χ0n) is 15.7. The van der Waals surface area contributed by atoms with Gasteiger partial charge < -0.3 is 25.4 Å². The molecule has 148 valence electrons. The second-order valence-corrected chi connectivity index (χ2v) is 10.6. The first kappa shape index (κ1) is 17.0. The van der Waals surface area contributed by atoms with Gasteiger partial charge in [-0.2, -0.15) is 0 Å². The Morgan fingerprint density at radius 2 is 1.85 bits per heavy atom. The highest BCUT2D eigenvalue weighted by molar-refractivity contribution is 6.03. The molecule has 27 heavy (non-hydrogen) atoms. The zero-order valence-corrected chi connectivity index (χ0v) is 15.7. The molecular weight excluding hydrogens is 350 g/mol. The fraction of sp³-hybridized carbons (Fsp3) is 0.900. The third-order valence-corrected chi connectivity index (χ3v) is 9.51. The highest BCUT2D eigenvalue weighted by Crippen LogP contribution is 2.76. The van der Waals surface area contributed by atoms with Gasteiger partial charge in [0.2, 0.25) is 5.79 Å². The summed E-state index contributed by atoms with van der Waals surface area (Å²) in [4.78, 5) is 27.1. The van der Waals surface area contributed by atoms with Gasteiger partial charge in [0, 0.05) is 24.8 Å². The van der Waals surface area contributed by atoms with E-state index in [1.807, 2.05) is 13.8 Å². The lowest BCUT2D eigenvalue weighted by Gasteiger charge is -2.72. The van der Waals surface area contributed by atoms with Crippen molar-refractivity contribution in [3.8, 4) is 0 Å². The minimum Gasteiger partial charge on any atom is -0.391 e. The van der Waals surface area contributed by atoms with Gasteiger partial charge in [0.05, 0.1) is 23.7 Å². The van der Waals surface area contributed by atoms with Crippen LogP contribution in [-0.2, 0) is 14.3 Å². The van der Waals surface area contributed by atoms with E-state index in [0.717, 1.165) is 0 Å². The molecular formula is C20H27NO6. The van der Waals surface area contributed by atoms with E-state index < -0.39 is 46.2 Å². The third kappa shape index (κ3) is 1.37. The number of carbonyl (C=O) groups excluding carboxylic acids is 2. The SMILES string of the molecule is CC1(C)CCC(=O)[C@]23CO[C@](O)([C@@H](O)C12)[C@]12C(=O)C4(CN4)[C@H](CCC31)[C@H]2O. The van der Waals surface area contributed by atoms with E-state index in [4.69, 9.17) is 4.74 Å². The Labute approximate surface area is 157 Å². The summed E-state index contributed by atoms with van der Waals surface area (Å²) in [6.45, 7) is 4.54. The number of hydrogen-bond donors (Lipinski definition) is 4. The van der Waals surface area contributed by atoms with Crippen molar-refractivity contribution in [2.75, 3.05) is 13.2 Å². The van der Waals surface area contributed by atoms with Crippen LogP contribution in [0.25, 0.3) is 0 Å². The van der Waals surface area contributed by atoms with Crippen molar-refractivity contribution >= 4 is 11.6 Å². The molecule has 3 saturated heterocycles. The molecule has 7 rings (SSSR count). The average Bonchev–Trinajstić information content (AvgIpc) is 3.40. The molecule has 0 radical (unpaired) electrons. The lowest BCUT2D eigenvalue weighted by Crippen LogP contribution is -2.85. The molecule has 3 spiro atoms. The maximum atomic E-state index is 13.7. The van der Waals surface area contributed by atoms with Crippen LogP contribution in [0, 0.1) is 34.0 Å². The van der Waals surface area contributed by atoms with Crippen molar-refractivity contribution in [1.82, 2.24) is 5.32 Å². The molecule has 7 heteroatoms. The number of Topliss-reactive ketones (excluding diaryl/α,β-unsaturated/α-hetero) is 2. The molecule has 0 aromatic heterocycles. The monoisotopic (exact) mass is 377 g/mol. The summed E-state index contributed by atoms with van der Waals surface area (Å²) in [7, 11) is 0. The molecule has 4 aliphatic carbocycles. The molecule has 4 bridgehead atoms. The Hall–Kier alpha value is -0.860. The van der Waals surface area contributed by atoms with Gasteiger partial charge in [-0.15, -0.1) is 0 Å². The minimum atomic E-state index is -2.15. The van der Waals surface area contributed by atoms with E-state index in [2.05, 4.69) is 5.32 Å². The van der Waals surface area contributed by atoms with Crippen molar-refractivity contribution in [1.29, 1.82) is 0 Å². The fourth-order valence-corrected chi connectivity index (χ4v) is 8.40. The summed E-state index contributed by atoms with van der Waals surface area (Å²) < 4.78 is 5.83. The molecule has 3 unspecified atom stereocenters. The molecule has 4 saturated carbocycles. The van der Waals surface area contributed by atoms with Crippen molar-refractivity contribution in [2.24, 2.45) is 34.0 Å². The summed E-state index contributed by atoms with van der Waals surface area (Å²) in [6, 6.07) is 0. The first-order chi connectivity index (χ1) is 12.6. The van der Waals surface area contributed by atoms with Crippen LogP contribution in [0.3, 0.4) is 0 Å². The van der Waals surface area contributed by atoms with Gasteiger partial charge in [-0.05, 0) is 30.6 Å². The van der Waals surface area contributed by atoms with E-state index in [-0.39, 0.29) is 29.5 Å². The van der Waals surface area contributed by atoms with Gasteiger partial charge in [-0.3, -0.25) is 9.59 Å². The largest absolute Gasteiger partial charge is 0.391 e. The fourth-order valence-electron chi connectivity index (χ4n) is 8.40. The second-order valence-electron chi connectivity index (χ2n) is 10.6. The number of aliphatic hydroxyl groups excluding tert-OH is 2. The predicted octanol–water partition coefficient (Wildman–Crippen LogP) is -0.630. The summed E-state index contributed by atoms with van der Waals surface area (Å²) in [5.74, 6) is -3.68. The third-order valence-electron chi connectivity index (χ3n) is 9.51. The topological polar surface area (TPSA) is 126 Å². The zero-order chi connectivity index (χ0) is 19.2. The van der Waals surface area contributed by atoms with E-state index in [9.17, 15) is 24.9 Å². The molecule has 7 nitrogen and oxygen atoms in total. The number of nitrogens with one attached hydrogen (secondary N) is 1. The van der Waals surface area contributed by atoms with Gasteiger partial charge >= 0.3 is 0 Å². The first-order valence-electron chi connectivity index (χ1n) is 10.2. The molecule has 4 N–H and O–H groups in total. The van der Waals surface area contributed by atoms with Crippen molar-refractivity contribution in [2.45, 2.75) is 63.1 Å². The average molecular weight is 377 g/mol. The number of hydrogen-bond acceptors (Lipinski definition) is 7. The molecule has 9 atom stereocenters. The Balaban J connectivity index is 1.65. The second kappa shape index (κ2) is 4.33. The van der Waals surface area contributed by atoms with Gasteiger partial charge in [0.25, 0.3) is 0 Å². The normalized spacial score (nSPS) is 62.5. The summed E-state index contributed by atoms with van der Waals surface area (Å²) in [5, 5.41) is 37.6. The lowest BCUT2D eigenvalue weighted by atomic mass is 9.36. The van der Waals surface area contributed by atoms with Crippen LogP contribution in [0.5, 0.6) is 0 Å². The van der Waals surface area contributed by atoms with E-state index in [1.165, 1.54) is 0 Å². The predicted molar refractivity (Wildman–Crippen MR) is 91.2 cm³/mol. The molecule has 7 fully saturated rings. The number of ether oxygens (including phenoxy) is 1. The molecule has 0 aromatic carbocycles. The lowest BCUT2D eigenvalue weighted by molar-refractivity contribution is -0.437. The molecule has 7 aliphatic rings. The van der Waals surface area contributed by atoms with Gasteiger partial charge in [-0.25, -0.2) is 0 Å². The van der Waals surface area contributed by atoms with Crippen LogP contribution < -0.4 is 5.32 Å². The summed E-state index contributed by atoms with van der Waals surface area (Å²) in [6.07, 6.45) is -0.256. The Morgan fingerprint density at radius 3 is 2.52 bits per heavy atom. The highest BCUT2D eigenvalue weighted by Gasteiger charge is 2.91. The highest BCUT2D eigenvalue weighted by atomic mass is 16.6. The number of rotatable bonds is 0. The number of fused-ring (bicyclic) bond motifs is 3. The molecule has 3 heterocycles. The Bertz CT molecular complexity index is 791. The number of carbonyl (C=O) groups is 2. The van der Waals surface area contributed by atoms with E-state index in [0.29, 0.717) is 32.2 Å². The van der Waals surface area contributed by atoms with Crippen LogP contribution in [0.1, 0.15) is 39.5 Å². The van der Waals surface area contributed by atoms with Crippen LogP contribution in [0.4, 0.5) is 0 Å². The summed E-state index contributed by atoms with van der Waals surface area (Å²) >= 11 is 0. The summed E-state index contributed by atoms with van der Waals surface area (Å²) in [5.41, 5.74) is -3.85. The van der Waals surface area contributed by atoms with Gasteiger partial charge in [0.15, 0.2) is 5.78 Å².